The van der Waals surface area contributed by atoms with Crippen LogP contribution in [-0.2, 0) is 4.79 Å². The molecule has 5 rings (SSSR count). The van der Waals surface area contributed by atoms with Gasteiger partial charge in [-0.25, -0.2) is 9.36 Å². The van der Waals surface area contributed by atoms with Gasteiger partial charge < -0.3 is 5.11 Å². The van der Waals surface area contributed by atoms with Crippen LogP contribution in [0.4, 0.5) is 10.7 Å². The molecule has 1 atom stereocenters. The number of aromatic nitrogens is 2. The molecule has 1 unspecified atom stereocenters. The third-order valence-corrected chi connectivity index (χ3v) is 6.03. The third kappa shape index (κ3) is 2.75. The molecule has 0 aliphatic carbocycles. The van der Waals surface area contributed by atoms with Gasteiger partial charge in [-0.05, 0) is 30.3 Å². The second-order valence-electron chi connectivity index (χ2n) is 7.28. The topological polar surface area (TPSA) is 82.0 Å². The van der Waals surface area contributed by atoms with Crippen molar-refractivity contribution in [3.8, 4) is 22.7 Å². The van der Waals surface area contributed by atoms with Crippen LogP contribution in [0, 0.1) is 0 Å². The Kier molecular flexibility index (Phi) is 4.32. The number of aliphatic imine (C=N–C) groups is 1. The SMILES string of the molecule is CN1C(=O)C2C(=Nc3n(-c4ccccc4O)c(-c4ccc(Cl)cc4Cl)c[n+]32)N(C)C1=O. The summed E-state index contributed by atoms with van der Waals surface area (Å²) in [6, 6.07) is 10.6. The maximum Gasteiger partial charge on any atom is 0.407 e. The Bertz CT molecular complexity index is 1320. The number of phenols is 1. The number of benzene rings is 2. The zero-order valence-corrected chi connectivity index (χ0v) is 18.0. The van der Waals surface area contributed by atoms with Crippen LogP contribution in [0.25, 0.3) is 16.9 Å². The molecule has 0 radical (unpaired) electrons. The normalized spacial score (nSPS) is 17.7. The Hall–Kier alpha value is -3.36. The Labute approximate surface area is 187 Å². The highest BCUT2D eigenvalue weighted by atomic mass is 35.5. The van der Waals surface area contributed by atoms with Crippen molar-refractivity contribution < 1.29 is 19.3 Å². The number of imide groups is 1. The monoisotopic (exact) mass is 456 g/mol. The lowest BCUT2D eigenvalue weighted by Gasteiger charge is -2.30. The Morgan fingerprint density at radius 3 is 2.52 bits per heavy atom. The molecular formula is C21H16Cl2N5O3+. The zero-order valence-electron chi connectivity index (χ0n) is 16.5. The lowest BCUT2D eigenvalue weighted by Crippen LogP contribution is -2.61. The average molecular weight is 457 g/mol. The van der Waals surface area contributed by atoms with Gasteiger partial charge in [-0.3, -0.25) is 14.6 Å². The summed E-state index contributed by atoms with van der Waals surface area (Å²) in [7, 11) is 3.01. The van der Waals surface area contributed by atoms with E-state index in [9.17, 15) is 14.7 Å². The predicted molar refractivity (Wildman–Crippen MR) is 115 cm³/mol. The molecule has 2 aliphatic heterocycles. The van der Waals surface area contributed by atoms with E-state index < -0.39 is 18.0 Å². The van der Waals surface area contributed by atoms with E-state index in [0.717, 1.165) is 4.90 Å². The van der Waals surface area contributed by atoms with Crippen molar-refractivity contribution in [1.29, 1.82) is 0 Å². The number of aromatic hydroxyl groups is 1. The molecule has 8 nitrogen and oxygen atoms in total. The van der Waals surface area contributed by atoms with Gasteiger partial charge in [-0.1, -0.05) is 40.3 Å². The van der Waals surface area contributed by atoms with Gasteiger partial charge in [0.15, 0.2) is 5.75 Å². The summed E-state index contributed by atoms with van der Waals surface area (Å²) in [5.74, 6) is 0.330. The lowest BCUT2D eigenvalue weighted by atomic mass is 10.1. The van der Waals surface area contributed by atoms with Crippen LogP contribution in [0.1, 0.15) is 6.04 Å². The van der Waals surface area contributed by atoms with Gasteiger partial charge >= 0.3 is 12.0 Å². The number of hydrogen-bond acceptors (Lipinski definition) is 4. The molecule has 3 amide bonds. The number of halogens is 2. The molecule has 3 heterocycles. The van der Waals surface area contributed by atoms with Crippen LogP contribution in [0.5, 0.6) is 5.75 Å². The molecule has 2 aliphatic rings. The van der Waals surface area contributed by atoms with Crippen molar-refractivity contribution in [2.75, 3.05) is 14.1 Å². The van der Waals surface area contributed by atoms with Crippen LogP contribution < -0.4 is 4.57 Å². The second kappa shape index (κ2) is 6.83. The van der Waals surface area contributed by atoms with Gasteiger partial charge in [0.1, 0.15) is 17.6 Å². The van der Waals surface area contributed by atoms with E-state index in [2.05, 4.69) is 4.99 Å². The maximum absolute atomic E-state index is 13.0. The van der Waals surface area contributed by atoms with E-state index >= 15 is 0 Å². The van der Waals surface area contributed by atoms with Crippen molar-refractivity contribution in [3.63, 3.8) is 0 Å². The zero-order chi connectivity index (χ0) is 22.0. The van der Waals surface area contributed by atoms with Crippen LogP contribution in [0.15, 0.2) is 53.7 Å². The number of imidazole rings is 1. The second-order valence-corrected chi connectivity index (χ2v) is 8.12. The van der Waals surface area contributed by atoms with E-state index in [4.69, 9.17) is 23.2 Å². The highest BCUT2D eigenvalue weighted by Gasteiger charge is 2.52. The van der Waals surface area contributed by atoms with E-state index in [0.29, 0.717) is 38.8 Å². The summed E-state index contributed by atoms with van der Waals surface area (Å²) in [5.41, 5.74) is 1.71. The van der Waals surface area contributed by atoms with Gasteiger partial charge in [0, 0.05) is 24.7 Å². The Balaban J connectivity index is 1.82. The standard InChI is InChI=1S/C21H15Cl2N5O3/c1-25-18-17(19(30)26(2)21(25)31)27-10-15(12-8-7-11(22)9-13(12)23)28(20(27)24-18)14-5-3-4-6-16(14)29/h3-10,17H,1-2H3/p+1. The Morgan fingerprint density at radius 2 is 1.81 bits per heavy atom. The number of rotatable bonds is 2. The predicted octanol–water partition coefficient (Wildman–Crippen LogP) is 3.55. The molecule has 1 saturated heterocycles. The fourth-order valence-electron chi connectivity index (χ4n) is 3.92. The molecule has 31 heavy (non-hydrogen) atoms. The van der Waals surface area contributed by atoms with Crippen LogP contribution >= 0.6 is 23.2 Å². The van der Waals surface area contributed by atoms with E-state index in [1.807, 2.05) is 0 Å². The summed E-state index contributed by atoms with van der Waals surface area (Å²) in [6.07, 6.45) is 1.74. The molecule has 0 bridgehead atoms. The number of urea groups is 1. The number of likely N-dealkylation sites (N-methyl/N-ethyl adjacent to an activating group) is 2. The highest BCUT2D eigenvalue weighted by Crippen LogP contribution is 2.39. The van der Waals surface area contributed by atoms with Crippen molar-refractivity contribution in [2.45, 2.75) is 6.04 Å². The first kappa shape index (κ1) is 19.6. The summed E-state index contributed by atoms with van der Waals surface area (Å²) < 4.78 is 3.39. The molecule has 0 saturated carbocycles. The third-order valence-electron chi connectivity index (χ3n) is 5.48. The first-order valence-electron chi connectivity index (χ1n) is 9.34. The van der Waals surface area contributed by atoms with E-state index in [1.54, 1.807) is 64.8 Å². The molecule has 3 aromatic rings. The van der Waals surface area contributed by atoms with Gasteiger partial charge in [-0.15, -0.1) is 0 Å². The Morgan fingerprint density at radius 1 is 1.06 bits per heavy atom. The molecule has 0 spiro atoms. The molecule has 1 N–H and O–H groups in total. The number of carbonyl (C=O) groups excluding carboxylic acids is 2. The maximum atomic E-state index is 13.0. The molecular weight excluding hydrogens is 441 g/mol. The van der Waals surface area contributed by atoms with E-state index in [-0.39, 0.29) is 5.75 Å². The molecule has 1 fully saturated rings. The number of hydrogen-bond donors (Lipinski definition) is 1. The number of para-hydroxylation sites is 2. The number of carbonyl (C=O) groups is 2. The number of amidine groups is 1. The van der Waals surface area contributed by atoms with Crippen LogP contribution in [-0.4, -0.2) is 51.3 Å². The smallest absolute Gasteiger partial charge is 0.407 e. The van der Waals surface area contributed by atoms with Crippen molar-refractivity contribution in [3.05, 3.63) is 58.7 Å². The van der Waals surface area contributed by atoms with Crippen molar-refractivity contribution in [1.82, 2.24) is 14.4 Å². The molecule has 10 heteroatoms. The lowest BCUT2D eigenvalue weighted by molar-refractivity contribution is -0.676. The first-order valence-corrected chi connectivity index (χ1v) is 10.1. The van der Waals surface area contributed by atoms with Gasteiger partial charge in [0.05, 0.1) is 5.02 Å². The first-order chi connectivity index (χ1) is 14.8. The highest BCUT2D eigenvalue weighted by molar-refractivity contribution is 6.36. The van der Waals surface area contributed by atoms with Crippen molar-refractivity contribution >= 4 is 46.9 Å². The molecule has 2 aromatic carbocycles. The fraction of sp³-hybridized carbons (Fsp3) is 0.143. The van der Waals surface area contributed by atoms with Crippen LogP contribution in [0.2, 0.25) is 10.0 Å². The largest absolute Gasteiger partial charge is 0.504 e. The number of fused-ring (bicyclic) bond motifs is 3. The van der Waals surface area contributed by atoms with Crippen molar-refractivity contribution in [2.24, 2.45) is 4.99 Å². The van der Waals surface area contributed by atoms with Gasteiger partial charge in [0.2, 0.25) is 11.9 Å². The molecule has 1 aromatic heterocycles. The number of phenolic OH excluding ortho intramolecular Hbond substituents is 1. The minimum Gasteiger partial charge on any atom is -0.504 e. The van der Waals surface area contributed by atoms with Gasteiger partial charge in [-0.2, -0.15) is 4.57 Å². The minimum absolute atomic E-state index is 0.0239. The molecule has 156 valence electrons. The summed E-state index contributed by atoms with van der Waals surface area (Å²) in [4.78, 5) is 32.4. The van der Waals surface area contributed by atoms with Gasteiger partial charge in [0.25, 0.3) is 5.91 Å². The summed E-state index contributed by atoms with van der Waals surface area (Å²) in [6.45, 7) is 0. The average Bonchev–Trinajstić information content (AvgIpc) is 3.27. The number of nitrogens with zero attached hydrogens (tertiary/aromatic N) is 5. The minimum atomic E-state index is -0.806. The quantitative estimate of drug-likeness (QED) is 0.598. The number of amides is 3. The van der Waals surface area contributed by atoms with Crippen LogP contribution in [0.3, 0.4) is 0 Å². The van der Waals surface area contributed by atoms with E-state index in [1.165, 1.54) is 11.9 Å². The summed E-state index contributed by atoms with van der Waals surface area (Å²) >= 11 is 12.6. The fourth-order valence-corrected chi connectivity index (χ4v) is 4.43. The summed E-state index contributed by atoms with van der Waals surface area (Å²) in [5, 5.41) is 11.5.